The molecule has 1 saturated carbocycles. The van der Waals surface area contributed by atoms with Crippen LogP contribution in [-0.2, 0) is 24.4 Å². The van der Waals surface area contributed by atoms with Gasteiger partial charge in [0.15, 0.2) is 0 Å². The Bertz CT molecular complexity index is 1650. The molecule has 0 radical (unpaired) electrons. The molecular weight excluding hydrogens is 550 g/mol. The summed E-state index contributed by atoms with van der Waals surface area (Å²) in [6.07, 6.45) is 6.39. The number of fused-ring (bicyclic) bond motifs is 2. The summed E-state index contributed by atoms with van der Waals surface area (Å²) in [5, 5.41) is 0.639. The highest BCUT2D eigenvalue weighted by atomic mass is 16.5. The van der Waals surface area contributed by atoms with Crippen LogP contribution < -0.4 is 15.4 Å². The lowest BCUT2D eigenvalue weighted by atomic mass is 9.92. The number of rotatable bonds is 12. The van der Waals surface area contributed by atoms with Crippen molar-refractivity contribution in [3.05, 3.63) is 87.8 Å². The first-order valence-electron chi connectivity index (χ1n) is 16.0. The number of hydrogen-bond acceptors (Lipinski definition) is 7. The third-order valence-corrected chi connectivity index (χ3v) is 9.05. The number of methoxy groups -OCH3 is 1. The third kappa shape index (κ3) is 7.02. The summed E-state index contributed by atoms with van der Waals surface area (Å²) < 4.78 is 13.0. The molecule has 0 N–H and O–H groups in total. The van der Waals surface area contributed by atoms with Crippen molar-refractivity contribution >= 4 is 22.3 Å². The maximum absolute atomic E-state index is 13.3. The van der Waals surface area contributed by atoms with Gasteiger partial charge in [-0.15, -0.1) is 0 Å². The number of hydrogen-bond donors (Lipinski definition) is 0. The molecule has 0 bridgehead atoms. The Hall–Kier alpha value is -3.62. The van der Waals surface area contributed by atoms with Crippen LogP contribution in [0.2, 0.25) is 0 Å². The van der Waals surface area contributed by atoms with Crippen LogP contribution in [0.1, 0.15) is 49.3 Å². The zero-order chi connectivity index (χ0) is 30.8. The van der Waals surface area contributed by atoms with Gasteiger partial charge in [-0.1, -0.05) is 26.0 Å². The van der Waals surface area contributed by atoms with E-state index in [1.54, 1.807) is 7.11 Å². The summed E-state index contributed by atoms with van der Waals surface area (Å²) in [6, 6.07) is 15.0. The normalized spacial score (nSPS) is 16.5. The zero-order valence-corrected chi connectivity index (χ0v) is 27.0. The van der Waals surface area contributed by atoms with Gasteiger partial charge in [0.2, 0.25) is 0 Å². The van der Waals surface area contributed by atoms with Crippen molar-refractivity contribution in [2.24, 2.45) is 11.3 Å². The summed E-state index contributed by atoms with van der Waals surface area (Å²) >= 11 is 0. The van der Waals surface area contributed by atoms with Gasteiger partial charge in [0, 0.05) is 77.6 Å². The van der Waals surface area contributed by atoms with Crippen molar-refractivity contribution in [1.29, 1.82) is 0 Å². The SMILES string of the molecule is COCCN1CC(C)(C)CN(CC2CC2)c2ccc(CN(CCn3ccc4oc(C)cc4c3=O)Cc3cccnc3C)cc21. The van der Waals surface area contributed by atoms with Gasteiger partial charge in [-0.3, -0.25) is 14.7 Å². The van der Waals surface area contributed by atoms with Crippen LogP contribution >= 0.6 is 0 Å². The standard InChI is InChI=1S/C36H47N5O3/c1-26-19-31-34(44-26)12-14-39(35(31)42)16-15-38(23-30-7-6-13-37-27(30)2)21-29-10-11-32-33(20-29)40(17-18-43-5)24-36(3,4)25-41(32)22-28-8-9-28/h6-7,10-14,19-20,28H,8-9,15-18,21-25H2,1-5H3. The Kier molecular flexibility index (Phi) is 8.83. The molecule has 8 heteroatoms. The monoisotopic (exact) mass is 597 g/mol. The molecule has 1 aliphatic carbocycles. The first-order chi connectivity index (χ1) is 21.2. The van der Waals surface area contributed by atoms with Crippen LogP contribution in [-0.4, -0.2) is 60.9 Å². The van der Waals surface area contributed by atoms with E-state index in [0.717, 1.165) is 63.2 Å². The molecule has 8 nitrogen and oxygen atoms in total. The Morgan fingerprint density at radius 3 is 2.61 bits per heavy atom. The molecule has 4 aromatic rings. The molecule has 1 fully saturated rings. The van der Waals surface area contributed by atoms with Crippen molar-refractivity contribution in [3.63, 3.8) is 0 Å². The van der Waals surface area contributed by atoms with E-state index in [4.69, 9.17) is 9.15 Å². The predicted molar refractivity (Wildman–Crippen MR) is 178 cm³/mol. The van der Waals surface area contributed by atoms with Gasteiger partial charge < -0.3 is 23.5 Å². The minimum Gasteiger partial charge on any atom is -0.461 e. The third-order valence-electron chi connectivity index (χ3n) is 9.05. The Morgan fingerprint density at radius 1 is 1.02 bits per heavy atom. The molecule has 0 spiro atoms. The van der Waals surface area contributed by atoms with Gasteiger partial charge >= 0.3 is 0 Å². The van der Waals surface area contributed by atoms with Gasteiger partial charge in [0.1, 0.15) is 11.3 Å². The topological polar surface area (TPSA) is 67.0 Å². The van der Waals surface area contributed by atoms with Gasteiger partial charge in [-0.05, 0) is 79.5 Å². The van der Waals surface area contributed by atoms with E-state index in [9.17, 15) is 4.79 Å². The summed E-state index contributed by atoms with van der Waals surface area (Å²) in [5.74, 6) is 1.57. The molecule has 0 unspecified atom stereocenters. The fourth-order valence-corrected chi connectivity index (χ4v) is 6.64. The number of furan rings is 1. The average molecular weight is 598 g/mol. The second-order valence-electron chi connectivity index (χ2n) is 13.6. The van der Waals surface area contributed by atoms with Crippen molar-refractivity contribution in [3.8, 4) is 0 Å². The first kappa shape index (κ1) is 30.4. The number of pyridine rings is 2. The minimum absolute atomic E-state index is 0.00552. The van der Waals surface area contributed by atoms with Crippen molar-refractivity contribution in [1.82, 2.24) is 14.5 Å². The highest BCUT2D eigenvalue weighted by molar-refractivity contribution is 5.76. The predicted octanol–water partition coefficient (Wildman–Crippen LogP) is 6.02. The van der Waals surface area contributed by atoms with Crippen LogP contribution in [0.3, 0.4) is 0 Å². The van der Waals surface area contributed by atoms with E-state index in [1.165, 1.54) is 35.3 Å². The van der Waals surface area contributed by atoms with Gasteiger partial charge in [-0.2, -0.15) is 0 Å². The largest absolute Gasteiger partial charge is 0.461 e. The van der Waals surface area contributed by atoms with E-state index in [-0.39, 0.29) is 11.0 Å². The van der Waals surface area contributed by atoms with Crippen molar-refractivity contribution in [2.45, 2.75) is 60.2 Å². The summed E-state index contributed by atoms with van der Waals surface area (Å²) in [7, 11) is 1.79. The first-order valence-corrected chi connectivity index (χ1v) is 16.0. The smallest absolute Gasteiger partial charge is 0.261 e. The summed E-state index contributed by atoms with van der Waals surface area (Å²) in [6.45, 7) is 16.3. The highest BCUT2D eigenvalue weighted by Crippen LogP contribution is 2.41. The lowest BCUT2D eigenvalue weighted by molar-refractivity contribution is 0.202. The lowest BCUT2D eigenvalue weighted by Gasteiger charge is -2.32. The highest BCUT2D eigenvalue weighted by Gasteiger charge is 2.34. The molecule has 0 amide bonds. The van der Waals surface area contributed by atoms with Crippen molar-refractivity contribution in [2.75, 3.05) is 56.2 Å². The van der Waals surface area contributed by atoms with Crippen LogP contribution in [0.4, 0.5) is 11.4 Å². The van der Waals surface area contributed by atoms with Gasteiger partial charge in [-0.25, -0.2) is 0 Å². The summed E-state index contributed by atoms with van der Waals surface area (Å²) in [4.78, 5) is 25.4. The fraction of sp³-hybridized carbons (Fsp3) is 0.500. The zero-order valence-electron chi connectivity index (χ0n) is 27.0. The Balaban J connectivity index is 1.30. The maximum Gasteiger partial charge on any atom is 0.261 e. The Labute approximate surface area is 261 Å². The minimum atomic E-state index is -0.00552. The lowest BCUT2D eigenvalue weighted by Crippen LogP contribution is -2.40. The number of benzene rings is 1. The van der Waals surface area contributed by atoms with E-state index >= 15 is 0 Å². The number of aromatic nitrogens is 2. The molecule has 2 aliphatic rings. The molecular formula is C36H47N5O3. The molecule has 1 aliphatic heterocycles. The second kappa shape index (κ2) is 12.8. The van der Waals surface area contributed by atoms with Crippen LogP contribution in [0.25, 0.3) is 11.0 Å². The average Bonchev–Trinajstić information content (AvgIpc) is 3.74. The number of ether oxygens (including phenoxy) is 1. The summed E-state index contributed by atoms with van der Waals surface area (Å²) in [5.41, 5.74) is 6.96. The van der Waals surface area contributed by atoms with Crippen LogP contribution in [0.5, 0.6) is 0 Å². The molecule has 44 heavy (non-hydrogen) atoms. The number of anilines is 2. The maximum atomic E-state index is 13.3. The van der Waals surface area contributed by atoms with Crippen LogP contribution in [0, 0.1) is 25.2 Å². The molecule has 6 rings (SSSR count). The molecule has 4 heterocycles. The molecule has 0 saturated heterocycles. The van der Waals surface area contributed by atoms with Crippen LogP contribution in [0.15, 0.2) is 64.1 Å². The molecule has 234 valence electrons. The quantitative estimate of drug-likeness (QED) is 0.198. The van der Waals surface area contributed by atoms with E-state index < -0.39 is 0 Å². The van der Waals surface area contributed by atoms with E-state index in [2.05, 4.69) is 64.7 Å². The van der Waals surface area contributed by atoms with E-state index in [1.807, 2.05) is 42.1 Å². The fourth-order valence-electron chi connectivity index (χ4n) is 6.64. The van der Waals surface area contributed by atoms with Gasteiger partial charge in [0.05, 0.1) is 23.4 Å². The number of aryl methyl sites for hydroxylation is 2. The molecule has 0 atom stereocenters. The molecule has 3 aromatic heterocycles. The van der Waals surface area contributed by atoms with Gasteiger partial charge in [0.25, 0.3) is 5.56 Å². The van der Waals surface area contributed by atoms with E-state index in [0.29, 0.717) is 24.1 Å². The van der Waals surface area contributed by atoms with Crippen molar-refractivity contribution < 1.29 is 9.15 Å². The molecule has 1 aromatic carbocycles. The Morgan fingerprint density at radius 2 is 1.84 bits per heavy atom. The second-order valence-corrected chi connectivity index (χ2v) is 13.6. The number of nitrogens with zero attached hydrogens (tertiary/aromatic N) is 5.